The molecule has 1 fully saturated rings. The van der Waals surface area contributed by atoms with Crippen LogP contribution >= 0.6 is 0 Å². The van der Waals surface area contributed by atoms with Gasteiger partial charge in [-0.05, 0) is 50.9 Å². The van der Waals surface area contributed by atoms with Crippen molar-refractivity contribution in [2.75, 3.05) is 27.3 Å². The van der Waals surface area contributed by atoms with Crippen LogP contribution in [0.5, 0.6) is 11.5 Å². The van der Waals surface area contributed by atoms with Crippen molar-refractivity contribution in [2.24, 2.45) is 5.73 Å². The van der Waals surface area contributed by atoms with Crippen molar-refractivity contribution in [1.82, 2.24) is 4.90 Å². The van der Waals surface area contributed by atoms with E-state index in [4.69, 9.17) is 15.2 Å². The van der Waals surface area contributed by atoms with Crippen LogP contribution in [0.4, 0.5) is 0 Å². The van der Waals surface area contributed by atoms with Gasteiger partial charge in [-0.15, -0.1) is 0 Å². The summed E-state index contributed by atoms with van der Waals surface area (Å²) in [7, 11) is 3.32. The Balaban J connectivity index is 2.32. The van der Waals surface area contributed by atoms with Crippen molar-refractivity contribution in [2.45, 2.75) is 38.3 Å². The van der Waals surface area contributed by atoms with E-state index in [1.807, 2.05) is 12.1 Å². The predicted octanol–water partition coefficient (Wildman–Crippen LogP) is 2.58. The van der Waals surface area contributed by atoms with Crippen molar-refractivity contribution in [3.63, 3.8) is 0 Å². The fraction of sp³-hybridized carbons (Fsp3) is 0.625. The lowest BCUT2D eigenvalue weighted by molar-refractivity contribution is 0.119. The minimum atomic E-state index is 0.206. The van der Waals surface area contributed by atoms with Gasteiger partial charge in [-0.3, -0.25) is 4.90 Å². The summed E-state index contributed by atoms with van der Waals surface area (Å²) in [6.45, 7) is 6.30. The Morgan fingerprint density at radius 3 is 2.45 bits per heavy atom. The van der Waals surface area contributed by atoms with E-state index in [1.54, 1.807) is 14.2 Å². The minimum Gasteiger partial charge on any atom is -0.493 e. The lowest BCUT2D eigenvalue weighted by Gasteiger charge is -2.38. The molecule has 0 aliphatic carbocycles. The average molecular weight is 278 g/mol. The Kier molecular flexibility index (Phi) is 4.55. The summed E-state index contributed by atoms with van der Waals surface area (Å²) >= 11 is 0. The maximum absolute atomic E-state index is 6.05. The molecule has 1 aliphatic rings. The molecule has 0 spiro atoms. The van der Waals surface area contributed by atoms with Crippen LogP contribution in [-0.4, -0.2) is 37.7 Å². The third-order valence-corrected chi connectivity index (χ3v) is 4.36. The van der Waals surface area contributed by atoms with Crippen LogP contribution in [0.1, 0.15) is 38.3 Å². The van der Waals surface area contributed by atoms with Gasteiger partial charge < -0.3 is 15.2 Å². The quantitative estimate of drug-likeness (QED) is 0.899. The molecule has 0 radical (unpaired) electrons. The van der Waals surface area contributed by atoms with Crippen molar-refractivity contribution < 1.29 is 9.47 Å². The zero-order valence-electron chi connectivity index (χ0n) is 13.0. The van der Waals surface area contributed by atoms with E-state index < -0.39 is 0 Å². The molecule has 20 heavy (non-hydrogen) atoms. The van der Waals surface area contributed by atoms with Crippen molar-refractivity contribution in [3.05, 3.63) is 23.8 Å². The molecular weight excluding hydrogens is 252 g/mol. The molecule has 1 atom stereocenters. The summed E-state index contributed by atoms with van der Waals surface area (Å²) in [5, 5.41) is 0. The summed E-state index contributed by atoms with van der Waals surface area (Å²) < 4.78 is 10.7. The number of methoxy groups -OCH3 is 2. The maximum atomic E-state index is 6.05. The van der Waals surface area contributed by atoms with Crippen molar-refractivity contribution in [1.29, 1.82) is 0 Å². The highest BCUT2D eigenvalue weighted by molar-refractivity contribution is 5.44. The summed E-state index contributed by atoms with van der Waals surface area (Å²) in [5.74, 6) is 1.52. The summed E-state index contributed by atoms with van der Waals surface area (Å²) in [6.07, 6.45) is 2.45. The molecule has 112 valence electrons. The molecular formula is C16H26N2O2. The molecule has 0 amide bonds. The number of ether oxygens (including phenoxy) is 2. The van der Waals surface area contributed by atoms with Crippen LogP contribution in [0.3, 0.4) is 0 Å². The largest absolute Gasteiger partial charge is 0.493 e. The third-order valence-electron chi connectivity index (χ3n) is 4.36. The highest BCUT2D eigenvalue weighted by Gasteiger charge is 2.36. The standard InChI is InChI=1S/C16H26N2O2/c1-16(2)8-5-9-18(16)13(11-17)12-6-7-14(19-3)15(10-12)20-4/h6-7,10,13H,5,8-9,11,17H2,1-4H3. The number of hydrogen-bond acceptors (Lipinski definition) is 4. The van der Waals surface area contributed by atoms with Gasteiger partial charge in [0.1, 0.15) is 0 Å². The topological polar surface area (TPSA) is 47.7 Å². The molecule has 0 aromatic heterocycles. The Labute approximate surface area is 121 Å². The molecule has 1 aliphatic heterocycles. The number of benzene rings is 1. The molecule has 0 bridgehead atoms. The van der Waals surface area contributed by atoms with Gasteiger partial charge in [-0.2, -0.15) is 0 Å². The maximum Gasteiger partial charge on any atom is 0.161 e. The van der Waals surface area contributed by atoms with Crippen LogP contribution in [0.15, 0.2) is 18.2 Å². The molecule has 1 heterocycles. The first-order valence-electron chi connectivity index (χ1n) is 7.22. The van der Waals surface area contributed by atoms with E-state index >= 15 is 0 Å². The van der Waals surface area contributed by atoms with Gasteiger partial charge in [0.05, 0.1) is 14.2 Å². The normalized spacial score (nSPS) is 19.9. The van der Waals surface area contributed by atoms with E-state index in [9.17, 15) is 0 Å². The first kappa shape index (κ1) is 15.1. The van der Waals surface area contributed by atoms with Crippen LogP contribution < -0.4 is 15.2 Å². The van der Waals surface area contributed by atoms with Gasteiger partial charge in [0.2, 0.25) is 0 Å². The summed E-state index contributed by atoms with van der Waals surface area (Å²) in [6, 6.07) is 6.32. The average Bonchev–Trinajstić information content (AvgIpc) is 2.79. The molecule has 1 saturated heterocycles. The van der Waals surface area contributed by atoms with Crippen LogP contribution in [0.25, 0.3) is 0 Å². The summed E-state index contributed by atoms with van der Waals surface area (Å²) in [5.41, 5.74) is 7.45. The van der Waals surface area contributed by atoms with Crippen LogP contribution in [0, 0.1) is 0 Å². The monoisotopic (exact) mass is 278 g/mol. The molecule has 1 aromatic rings. The first-order valence-corrected chi connectivity index (χ1v) is 7.22. The van der Waals surface area contributed by atoms with Crippen LogP contribution in [-0.2, 0) is 0 Å². The Morgan fingerprint density at radius 1 is 1.25 bits per heavy atom. The van der Waals surface area contributed by atoms with E-state index in [0.717, 1.165) is 18.0 Å². The Bertz CT molecular complexity index is 460. The lowest BCUT2D eigenvalue weighted by atomic mass is 9.97. The predicted molar refractivity (Wildman–Crippen MR) is 81.4 cm³/mol. The highest BCUT2D eigenvalue weighted by Crippen LogP contribution is 2.38. The van der Waals surface area contributed by atoms with Crippen LogP contribution in [0.2, 0.25) is 0 Å². The van der Waals surface area contributed by atoms with Crippen molar-refractivity contribution >= 4 is 0 Å². The molecule has 0 saturated carbocycles. The zero-order valence-corrected chi connectivity index (χ0v) is 13.0. The van der Waals surface area contributed by atoms with Gasteiger partial charge in [0, 0.05) is 18.1 Å². The van der Waals surface area contributed by atoms with E-state index in [1.165, 1.54) is 18.4 Å². The Hall–Kier alpha value is -1.26. The second kappa shape index (κ2) is 6.02. The third kappa shape index (κ3) is 2.76. The fourth-order valence-electron chi connectivity index (χ4n) is 3.21. The minimum absolute atomic E-state index is 0.206. The number of rotatable bonds is 5. The highest BCUT2D eigenvalue weighted by atomic mass is 16.5. The summed E-state index contributed by atoms with van der Waals surface area (Å²) in [4.78, 5) is 2.51. The van der Waals surface area contributed by atoms with Gasteiger partial charge in [0.15, 0.2) is 11.5 Å². The van der Waals surface area contributed by atoms with E-state index in [2.05, 4.69) is 24.8 Å². The van der Waals surface area contributed by atoms with Crippen molar-refractivity contribution in [3.8, 4) is 11.5 Å². The van der Waals surface area contributed by atoms with Gasteiger partial charge in [0.25, 0.3) is 0 Å². The fourth-order valence-corrected chi connectivity index (χ4v) is 3.21. The molecule has 4 nitrogen and oxygen atoms in total. The SMILES string of the molecule is COc1ccc(C(CN)N2CCCC2(C)C)cc1OC. The van der Waals surface area contributed by atoms with Gasteiger partial charge in [-0.25, -0.2) is 0 Å². The number of hydrogen-bond donors (Lipinski definition) is 1. The molecule has 2 rings (SSSR count). The van der Waals surface area contributed by atoms with Gasteiger partial charge >= 0.3 is 0 Å². The lowest BCUT2D eigenvalue weighted by Crippen LogP contribution is -2.43. The molecule has 4 heteroatoms. The second-order valence-electron chi connectivity index (χ2n) is 5.98. The number of likely N-dealkylation sites (tertiary alicyclic amines) is 1. The molecule has 1 aromatic carbocycles. The Morgan fingerprint density at radius 2 is 1.95 bits per heavy atom. The smallest absolute Gasteiger partial charge is 0.161 e. The second-order valence-corrected chi connectivity index (χ2v) is 5.98. The first-order chi connectivity index (χ1) is 9.53. The van der Waals surface area contributed by atoms with E-state index in [0.29, 0.717) is 6.54 Å². The van der Waals surface area contributed by atoms with Gasteiger partial charge in [-0.1, -0.05) is 6.07 Å². The molecule has 1 unspecified atom stereocenters. The number of nitrogens with zero attached hydrogens (tertiary/aromatic N) is 1. The van der Waals surface area contributed by atoms with E-state index in [-0.39, 0.29) is 11.6 Å². The number of nitrogens with two attached hydrogens (primary N) is 1. The molecule has 2 N–H and O–H groups in total. The zero-order chi connectivity index (χ0) is 14.8.